The van der Waals surface area contributed by atoms with Crippen molar-refractivity contribution in [2.24, 2.45) is 5.73 Å². The molecule has 116 valence electrons. The first kappa shape index (κ1) is 17.2. The summed E-state index contributed by atoms with van der Waals surface area (Å²) in [7, 11) is 0. The summed E-state index contributed by atoms with van der Waals surface area (Å²) in [6, 6.07) is 6.92. The lowest BCUT2D eigenvalue weighted by Crippen LogP contribution is -2.33. The van der Waals surface area contributed by atoms with Crippen molar-refractivity contribution in [2.75, 3.05) is 11.9 Å². The smallest absolute Gasteiger partial charge is 0.251 e. The number of benzene rings is 1. The van der Waals surface area contributed by atoms with Gasteiger partial charge in [0.05, 0.1) is 0 Å². The van der Waals surface area contributed by atoms with Crippen LogP contribution in [-0.2, 0) is 4.79 Å². The average Bonchev–Trinajstić information content (AvgIpc) is 2.42. The van der Waals surface area contributed by atoms with Gasteiger partial charge in [-0.3, -0.25) is 9.59 Å². The Kier molecular flexibility index (Phi) is 6.37. The number of carbonyl (C=O) groups excluding carboxylic acids is 2. The quantitative estimate of drug-likeness (QED) is 0.720. The van der Waals surface area contributed by atoms with Crippen LogP contribution in [0.4, 0.5) is 5.69 Å². The van der Waals surface area contributed by atoms with Gasteiger partial charge in [0, 0.05) is 29.8 Å². The minimum atomic E-state index is -0.362. The van der Waals surface area contributed by atoms with E-state index in [2.05, 4.69) is 10.6 Å². The van der Waals surface area contributed by atoms with Gasteiger partial charge in [-0.15, -0.1) is 0 Å². The van der Waals surface area contributed by atoms with Gasteiger partial charge in [-0.2, -0.15) is 0 Å². The Morgan fingerprint density at radius 2 is 2.00 bits per heavy atom. The minimum absolute atomic E-state index is 0.0976. The minimum Gasteiger partial charge on any atom is -0.352 e. The number of hydrogen-bond donors (Lipinski definition) is 3. The van der Waals surface area contributed by atoms with E-state index in [0.29, 0.717) is 30.6 Å². The Balaban J connectivity index is 2.60. The van der Waals surface area contributed by atoms with E-state index in [1.54, 1.807) is 24.3 Å². The van der Waals surface area contributed by atoms with Crippen LogP contribution >= 0.6 is 0 Å². The lowest BCUT2D eigenvalue weighted by atomic mass is 10.00. The van der Waals surface area contributed by atoms with Crippen LogP contribution in [0.3, 0.4) is 0 Å². The van der Waals surface area contributed by atoms with Crippen LogP contribution in [0.2, 0.25) is 0 Å². The van der Waals surface area contributed by atoms with E-state index >= 15 is 0 Å². The second-order valence-electron chi connectivity index (χ2n) is 5.87. The molecule has 0 bridgehead atoms. The maximum absolute atomic E-state index is 11.9. The molecule has 4 N–H and O–H groups in total. The lowest BCUT2D eigenvalue weighted by molar-refractivity contribution is -0.116. The van der Waals surface area contributed by atoms with Gasteiger partial charge < -0.3 is 16.4 Å². The number of rotatable bonds is 7. The Hall–Kier alpha value is -1.88. The summed E-state index contributed by atoms with van der Waals surface area (Å²) in [6.07, 6.45) is 1.85. The van der Waals surface area contributed by atoms with Gasteiger partial charge in [0.2, 0.25) is 5.91 Å². The van der Waals surface area contributed by atoms with Crippen molar-refractivity contribution in [3.8, 4) is 0 Å². The van der Waals surface area contributed by atoms with Crippen LogP contribution in [0.25, 0.3) is 0 Å². The number of nitrogens with one attached hydrogen (secondary N) is 2. The van der Waals surface area contributed by atoms with Gasteiger partial charge in [0.25, 0.3) is 5.91 Å². The van der Waals surface area contributed by atoms with Crippen molar-refractivity contribution in [3.05, 3.63) is 29.8 Å². The maximum Gasteiger partial charge on any atom is 0.251 e. The predicted molar refractivity (Wildman–Crippen MR) is 85.2 cm³/mol. The standard InChI is InChI=1S/C16H25N3O2/c1-4-10-18-15(21)12-6-5-7-13(11-12)19-14(20)8-9-16(2,3)17/h5-7,11H,4,8-10,17H2,1-3H3,(H,18,21)(H,19,20). The average molecular weight is 291 g/mol. The zero-order valence-electron chi connectivity index (χ0n) is 13.0. The molecule has 0 saturated carbocycles. The highest BCUT2D eigenvalue weighted by Crippen LogP contribution is 2.13. The summed E-state index contributed by atoms with van der Waals surface area (Å²) in [6.45, 7) is 6.41. The molecule has 21 heavy (non-hydrogen) atoms. The van der Waals surface area contributed by atoms with E-state index in [-0.39, 0.29) is 17.4 Å². The van der Waals surface area contributed by atoms with Crippen LogP contribution in [-0.4, -0.2) is 23.9 Å². The Morgan fingerprint density at radius 3 is 2.62 bits per heavy atom. The van der Waals surface area contributed by atoms with Gasteiger partial charge >= 0.3 is 0 Å². The molecular formula is C16H25N3O2. The molecule has 1 aromatic rings. The summed E-state index contributed by atoms with van der Waals surface area (Å²) in [5.74, 6) is -0.226. The Bertz CT molecular complexity index is 493. The van der Waals surface area contributed by atoms with Crippen molar-refractivity contribution >= 4 is 17.5 Å². The van der Waals surface area contributed by atoms with E-state index in [1.807, 2.05) is 20.8 Å². The summed E-state index contributed by atoms with van der Waals surface area (Å²) < 4.78 is 0. The monoisotopic (exact) mass is 291 g/mol. The van der Waals surface area contributed by atoms with E-state index in [1.165, 1.54) is 0 Å². The molecule has 0 atom stereocenters. The maximum atomic E-state index is 11.9. The van der Waals surface area contributed by atoms with Crippen LogP contribution in [0, 0.1) is 0 Å². The normalized spacial score (nSPS) is 11.0. The molecule has 0 aromatic heterocycles. The molecule has 5 nitrogen and oxygen atoms in total. The number of carbonyl (C=O) groups is 2. The van der Waals surface area contributed by atoms with Crippen LogP contribution in [0.1, 0.15) is 50.4 Å². The predicted octanol–water partition coefficient (Wildman–Crippen LogP) is 2.28. The Morgan fingerprint density at radius 1 is 1.29 bits per heavy atom. The fourth-order valence-corrected chi connectivity index (χ4v) is 1.74. The fourth-order valence-electron chi connectivity index (χ4n) is 1.74. The van der Waals surface area contributed by atoms with E-state index in [4.69, 9.17) is 5.73 Å². The van der Waals surface area contributed by atoms with Crippen molar-refractivity contribution in [3.63, 3.8) is 0 Å². The highest BCUT2D eigenvalue weighted by Gasteiger charge is 2.13. The molecule has 0 spiro atoms. The molecule has 5 heteroatoms. The number of amides is 2. The number of hydrogen-bond acceptors (Lipinski definition) is 3. The second-order valence-corrected chi connectivity index (χ2v) is 5.87. The first-order valence-corrected chi connectivity index (χ1v) is 7.29. The molecule has 0 unspecified atom stereocenters. The van der Waals surface area contributed by atoms with E-state index in [9.17, 15) is 9.59 Å². The van der Waals surface area contributed by atoms with Crippen LogP contribution in [0.5, 0.6) is 0 Å². The second kappa shape index (κ2) is 7.78. The first-order chi connectivity index (χ1) is 9.81. The van der Waals surface area contributed by atoms with Crippen LogP contribution < -0.4 is 16.4 Å². The summed E-state index contributed by atoms with van der Waals surface area (Å²) >= 11 is 0. The highest BCUT2D eigenvalue weighted by molar-refractivity contribution is 5.97. The molecule has 0 radical (unpaired) electrons. The molecule has 2 amide bonds. The van der Waals surface area contributed by atoms with Gasteiger partial charge in [-0.1, -0.05) is 13.0 Å². The number of anilines is 1. The molecule has 0 heterocycles. The van der Waals surface area contributed by atoms with Gasteiger partial charge in [0.1, 0.15) is 0 Å². The Labute approximate surface area is 126 Å². The molecule has 0 aliphatic heterocycles. The highest BCUT2D eigenvalue weighted by atomic mass is 16.2. The molecular weight excluding hydrogens is 266 g/mol. The third-order valence-electron chi connectivity index (χ3n) is 2.94. The molecule has 0 aliphatic rings. The third-order valence-corrected chi connectivity index (χ3v) is 2.94. The molecule has 0 aliphatic carbocycles. The third kappa shape index (κ3) is 6.90. The van der Waals surface area contributed by atoms with Gasteiger partial charge in [-0.25, -0.2) is 0 Å². The first-order valence-electron chi connectivity index (χ1n) is 7.29. The van der Waals surface area contributed by atoms with E-state index in [0.717, 1.165) is 6.42 Å². The zero-order chi connectivity index (χ0) is 15.9. The van der Waals surface area contributed by atoms with Crippen molar-refractivity contribution in [1.82, 2.24) is 5.32 Å². The summed E-state index contributed by atoms with van der Waals surface area (Å²) in [5.41, 5.74) is 6.66. The molecule has 1 aromatic carbocycles. The van der Waals surface area contributed by atoms with E-state index < -0.39 is 0 Å². The number of nitrogens with two attached hydrogens (primary N) is 1. The van der Waals surface area contributed by atoms with Crippen molar-refractivity contribution in [2.45, 2.75) is 45.6 Å². The van der Waals surface area contributed by atoms with Gasteiger partial charge in [-0.05, 0) is 44.9 Å². The summed E-state index contributed by atoms with van der Waals surface area (Å²) in [4.78, 5) is 23.7. The SMILES string of the molecule is CCCNC(=O)c1cccc(NC(=O)CCC(C)(C)N)c1. The topological polar surface area (TPSA) is 84.2 Å². The lowest BCUT2D eigenvalue weighted by Gasteiger charge is -2.17. The van der Waals surface area contributed by atoms with Crippen molar-refractivity contribution < 1.29 is 9.59 Å². The largest absolute Gasteiger partial charge is 0.352 e. The zero-order valence-corrected chi connectivity index (χ0v) is 13.0. The molecule has 1 rings (SSSR count). The summed E-state index contributed by atoms with van der Waals surface area (Å²) in [5, 5.41) is 5.60. The van der Waals surface area contributed by atoms with Crippen LogP contribution in [0.15, 0.2) is 24.3 Å². The fraction of sp³-hybridized carbons (Fsp3) is 0.500. The molecule has 0 saturated heterocycles. The van der Waals surface area contributed by atoms with Gasteiger partial charge in [0.15, 0.2) is 0 Å². The van der Waals surface area contributed by atoms with Crippen molar-refractivity contribution in [1.29, 1.82) is 0 Å². The molecule has 0 fully saturated rings.